The fourth-order valence-electron chi connectivity index (χ4n) is 2.64. The topological polar surface area (TPSA) is 98.8 Å². The van der Waals surface area contributed by atoms with Crippen LogP contribution in [0.2, 0.25) is 0 Å². The first kappa shape index (κ1) is 18.6. The summed E-state index contributed by atoms with van der Waals surface area (Å²) in [6, 6.07) is 5.64. The molecule has 1 aliphatic carbocycles. The molecular weight excluding hydrogens is 326 g/mol. The molecule has 0 fully saturated rings. The Kier molecular flexibility index (Phi) is 6.68. The minimum absolute atomic E-state index is 0.0110. The van der Waals surface area contributed by atoms with Gasteiger partial charge in [0, 0.05) is 12.0 Å². The molecule has 7 heteroatoms. The van der Waals surface area contributed by atoms with E-state index in [-0.39, 0.29) is 25.2 Å². The van der Waals surface area contributed by atoms with Gasteiger partial charge < -0.3 is 9.47 Å². The highest BCUT2D eigenvalue weighted by Gasteiger charge is 2.16. The van der Waals surface area contributed by atoms with Crippen molar-refractivity contribution in [3.63, 3.8) is 0 Å². The van der Waals surface area contributed by atoms with Crippen molar-refractivity contribution in [2.75, 3.05) is 13.2 Å². The second-order valence-corrected chi connectivity index (χ2v) is 5.69. The lowest BCUT2D eigenvalue weighted by Gasteiger charge is -2.06. The molecule has 0 spiro atoms. The highest BCUT2D eigenvalue weighted by atomic mass is 16.6. The number of Topliss-reactive ketones (excluding diaryl/α,β-unsaturated/α-hetero) is 1. The summed E-state index contributed by atoms with van der Waals surface area (Å²) < 4.78 is 9.26. The maximum Gasteiger partial charge on any atom is 0.413 e. The molecule has 0 saturated heterocycles. The molecule has 0 radical (unpaired) electrons. The summed E-state index contributed by atoms with van der Waals surface area (Å²) in [6.07, 6.45) is 2.13. The summed E-state index contributed by atoms with van der Waals surface area (Å²) in [6.45, 7) is 1.14. The first-order valence-corrected chi connectivity index (χ1v) is 8.27. The van der Waals surface area contributed by atoms with Gasteiger partial charge in [-0.05, 0) is 43.4 Å². The van der Waals surface area contributed by atoms with Gasteiger partial charge in [0.25, 0.3) is 5.91 Å². The monoisotopic (exact) mass is 347 g/mol. The van der Waals surface area contributed by atoms with Gasteiger partial charge in [-0.25, -0.2) is 4.79 Å². The van der Waals surface area contributed by atoms with Gasteiger partial charge >= 0.3 is 12.1 Å². The minimum Gasteiger partial charge on any atom is -0.456 e. The molecule has 2 rings (SSSR count). The van der Waals surface area contributed by atoms with E-state index in [4.69, 9.17) is 4.74 Å². The number of ether oxygens (including phenoxy) is 2. The maximum atomic E-state index is 12.2. The van der Waals surface area contributed by atoms with E-state index in [0.29, 0.717) is 5.56 Å². The number of carbonyl (C=O) groups is 4. The number of amides is 2. The second-order valence-electron chi connectivity index (χ2n) is 5.69. The summed E-state index contributed by atoms with van der Waals surface area (Å²) >= 11 is 0. The lowest BCUT2D eigenvalue weighted by Crippen LogP contribution is -2.34. The van der Waals surface area contributed by atoms with Crippen molar-refractivity contribution < 1.29 is 28.7 Å². The summed E-state index contributed by atoms with van der Waals surface area (Å²) in [7, 11) is 0. The summed E-state index contributed by atoms with van der Waals surface area (Å²) in [5.74, 6) is -1.59. The van der Waals surface area contributed by atoms with Gasteiger partial charge in [-0.15, -0.1) is 0 Å². The highest BCUT2D eigenvalue weighted by molar-refractivity contribution is 5.98. The van der Waals surface area contributed by atoms with Crippen LogP contribution in [0.25, 0.3) is 0 Å². The largest absolute Gasteiger partial charge is 0.456 e. The van der Waals surface area contributed by atoms with Crippen molar-refractivity contribution in [1.29, 1.82) is 0 Å². The van der Waals surface area contributed by atoms with Crippen LogP contribution in [-0.2, 0) is 31.9 Å². The van der Waals surface area contributed by atoms with Crippen molar-refractivity contribution in [3.05, 3.63) is 34.9 Å². The van der Waals surface area contributed by atoms with E-state index >= 15 is 0 Å². The zero-order chi connectivity index (χ0) is 18.2. The number of nitrogens with one attached hydrogen (secondary N) is 1. The molecule has 0 aliphatic heterocycles. The highest BCUT2D eigenvalue weighted by Crippen LogP contribution is 2.23. The number of hydrogen-bond donors (Lipinski definition) is 1. The SMILES string of the molecule is CCOC(=O)NC(=O)COC(=O)CCC(=O)c1ccc2c(c1)CCC2. The van der Waals surface area contributed by atoms with Crippen LogP contribution in [0.1, 0.15) is 47.7 Å². The molecule has 1 aromatic rings. The quantitative estimate of drug-likeness (QED) is 0.598. The van der Waals surface area contributed by atoms with Crippen LogP contribution in [-0.4, -0.2) is 37.0 Å². The molecular formula is C18H21NO6. The lowest BCUT2D eigenvalue weighted by atomic mass is 10.0. The first-order chi connectivity index (χ1) is 12.0. The Balaban J connectivity index is 1.71. The van der Waals surface area contributed by atoms with E-state index in [9.17, 15) is 19.2 Å². The van der Waals surface area contributed by atoms with Crippen molar-refractivity contribution >= 4 is 23.8 Å². The van der Waals surface area contributed by atoms with Crippen LogP contribution in [0.3, 0.4) is 0 Å². The average Bonchev–Trinajstić information content (AvgIpc) is 3.05. The average molecular weight is 347 g/mol. The van der Waals surface area contributed by atoms with Crippen molar-refractivity contribution in [2.45, 2.75) is 39.0 Å². The summed E-state index contributed by atoms with van der Waals surface area (Å²) in [4.78, 5) is 46.1. The van der Waals surface area contributed by atoms with Gasteiger partial charge in [-0.2, -0.15) is 0 Å². The second kappa shape index (κ2) is 8.96. The van der Waals surface area contributed by atoms with Crippen molar-refractivity contribution in [2.24, 2.45) is 0 Å². The molecule has 0 heterocycles. The molecule has 0 bridgehead atoms. The van der Waals surface area contributed by atoms with Crippen LogP contribution in [0.4, 0.5) is 4.79 Å². The van der Waals surface area contributed by atoms with Gasteiger partial charge in [0.1, 0.15) is 0 Å². The number of esters is 1. The third kappa shape index (κ3) is 5.70. The minimum atomic E-state index is -0.893. The predicted molar refractivity (Wildman–Crippen MR) is 88.2 cm³/mol. The third-order valence-corrected chi connectivity index (χ3v) is 3.86. The number of ketones is 1. The predicted octanol–water partition coefficient (Wildman–Crippen LogP) is 1.95. The number of imide groups is 1. The Hall–Kier alpha value is -2.70. The molecule has 0 unspecified atom stereocenters. The van der Waals surface area contributed by atoms with Crippen LogP contribution in [0.15, 0.2) is 18.2 Å². The van der Waals surface area contributed by atoms with Gasteiger partial charge in [0.15, 0.2) is 12.4 Å². The molecule has 134 valence electrons. The Morgan fingerprint density at radius 2 is 1.80 bits per heavy atom. The fourth-order valence-corrected chi connectivity index (χ4v) is 2.64. The molecule has 2 amide bonds. The van der Waals surface area contributed by atoms with Crippen molar-refractivity contribution in [3.8, 4) is 0 Å². The number of fused-ring (bicyclic) bond motifs is 1. The normalized spacial score (nSPS) is 12.2. The molecule has 1 aromatic carbocycles. The van der Waals surface area contributed by atoms with E-state index in [0.717, 1.165) is 19.3 Å². The number of aryl methyl sites for hydroxylation is 2. The lowest BCUT2D eigenvalue weighted by molar-refractivity contribution is -0.148. The number of hydrogen-bond acceptors (Lipinski definition) is 6. The van der Waals surface area contributed by atoms with Crippen LogP contribution < -0.4 is 5.32 Å². The fraction of sp³-hybridized carbons (Fsp3) is 0.444. The Morgan fingerprint density at radius 3 is 2.56 bits per heavy atom. The van der Waals surface area contributed by atoms with E-state index in [1.165, 1.54) is 11.1 Å². The Bertz CT molecular complexity index is 682. The zero-order valence-electron chi connectivity index (χ0n) is 14.1. The van der Waals surface area contributed by atoms with E-state index in [1.807, 2.05) is 17.4 Å². The molecule has 7 nitrogen and oxygen atoms in total. The van der Waals surface area contributed by atoms with Gasteiger partial charge in [0.05, 0.1) is 13.0 Å². The standard InChI is InChI=1S/C18H21NO6/c1-2-24-18(23)19-16(21)11-25-17(22)9-8-15(20)14-7-6-12-4-3-5-13(12)10-14/h6-7,10H,2-5,8-9,11H2,1H3,(H,19,21,23). The molecule has 0 aromatic heterocycles. The Labute approximate surface area is 145 Å². The van der Waals surface area contributed by atoms with Gasteiger partial charge in [-0.1, -0.05) is 12.1 Å². The Morgan fingerprint density at radius 1 is 1.04 bits per heavy atom. The third-order valence-electron chi connectivity index (χ3n) is 3.86. The number of carbonyl (C=O) groups excluding carboxylic acids is 4. The number of rotatable bonds is 7. The molecule has 1 aliphatic rings. The smallest absolute Gasteiger partial charge is 0.413 e. The molecule has 25 heavy (non-hydrogen) atoms. The first-order valence-electron chi connectivity index (χ1n) is 8.27. The van der Waals surface area contributed by atoms with E-state index < -0.39 is 24.6 Å². The van der Waals surface area contributed by atoms with Crippen LogP contribution in [0.5, 0.6) is 0 Å². The van der Waals surface area contributed by atoms with E-state index in [1.54, 1.807) is 13.0 Å². The summed E-state index contributed by atoms with van der Waals surface area (Å²) in [5, 5.41) is 1.91. The molecule has 1 N–H and O–H groups in total. The summed E-state index contributed by atoms with van der Waals surface area (Å²) in [5.41, 5.74) is 3.07. The van der Waals surface area contributed by atoms with E-state index in [2.05, 4.69) is 4.74 Å². The number of benzene rings is 1. The van der Waals surface area contributed by atoms with Gasteiger partial charge in [-0.3, -0.25) is 19.7 Å². The maximum absolute atomic E-state index is 12.2. The van der Waals surface area contributed by atoms with Crippen molar-refractivity contribution in [1.82, 2.24) is 5.32 Å². The van der Waals surface area contributed by atoms with Crippen LogP contribution in [0, 0.1) is 0 Å². The van der Waals surface area contributed by atoms with Gasteiger partial charge in [0.2, 0.25) is 0 Å². The zero-order valence-corrected chi connectivity index (χ0v) is 14.1. The van der Waals surface area contributed by atoms with Crippen LogP contribution >= 0.6 is 0 Å². The number of alkyl carbamates (subject to hydrolysis) is 1. The molecule has 0 saturated carbocycles. The molecule has 0 atom stereocenters.